The Labute approximate surface area is 277 Å². The zero-order valence-corrected chi connectivity index (χ0v) is 26.7. The van der Waals surface area contributed by atoms with Crippen molar-refractivity contribution in [1.29, 1.82) is 0 Å². The summed E-state index contributed by atoms with van der Waals surface area (Å²) in [6.07, 6.45) is 3.28. The molecule has 2 heterocycles. The van der Waals surface area contributed by atoms with E-state index < -0.39 is 11.0 Å². The van der Waals surface area contributed by atoms with Gasteiger partial charge in [-0.2, -0.15) is 0 Å². The van der Waals surface area contributed by atoms with E-state index in [2.05, 4.69) is 6.07 Å². The van der Waals surface area contributed by atoms with Gasteiger partial charge in [0.05, 0.1) is 28.3 Å². The minimum Gasteiger partial charge on any atom is -0.493 e. The fraction of sp³-hybridized carbons (Fsp3) is 0.143. The number of halogens is 2. The number of methoxy groups -OCH3 is 1. The van der Waals surface area contributed by atoms with E-state index in [0.717, 1.165) is 34.4 Å². The van der Waals surface area contributed by atoms with Crippen LogP contribution in [0.2, 0.25) is 10.0 Å². The van der Waals surface area contributed by atoms with Gasteiger partial charge in [0.2, 0.25) is 0 Å². The van der Waals surface area contributed by atoms with Crippen molar-refractivity contribution in [1.82, 2.24) is 4.57 Å². The van der Waals surface area contributed by atoms with Crippen molar-refractivity contribution in [3.8, 4) is 11.5 Å². The highest BCUT2D eigenvalue weighted by Gasteiger charge is 2.33. The van der Waals surface area contributed by atoms with Crippen LogP contribution in [0.5, 0.6) is 11.5 Å². The number of aromatic nitrogens is 1. The van der Waals surface area contributed by atoms with Crippen molar-refractivity contribution in [2.24, 2.45) is 4.99 Å². The lowest BCUT2D eigenvalue weighted by Gasteiger charge is -2.30. The molecule has 0 spiro atoms. The fourth-order valence-electron chi connectivity index (χ4n) is 5.97. The average molecular weight is 671 g/mol. The van der Waals surface area contributed by atoms with Crippen LogP contribution in [-0.4, -0.2) is 16.6 Å². The Hall–Kier alpha value is -4.70. The Morgan fingerprint density at radius 3 is 2.67 bits per heavy atom. The lowest BCUT2D eigenvalue weighted by Crippen LogP contribution is -2.38. The number of allylic oxidation sites excluding steroid dienone is 1. The molecule has 0 saturated carbocycles. The van der Waals surface area contributed by atoms with Gasteiger partial charge in [-0.15, -0.1) is 0 Å². The van der Waals surface area contributed by atoms with Gasteiger partial charge in [-0.25, -0.2) is 4.99 Å². The molecule has 0 radical (unpaired) electrons. The molecule has 2 aliphatic rings. The van der Waals surface area contributed by atoms with Crippen LogP contribution >= 0.6 is 34.5 Å². The number of nitro groups is 1. The second-order valence-corrected chi connectivity index (χ2v) is 12.8. The third-order valence-corrected chi connectivity index (χ3v) is 9.72. The quantitative estimate of drug-likeness (QED) is 0.136. The summed E-state index contributed by atoms with van der Waals surface area (Å²) in [5.41, 5.74) is 5.96. The second kappa shape index (κ2) is 12.2. The first kappa shape index (κ1) is 30.0. The van der Waals surface area contributed by atoms with Crippen LogP contribution in [0.4, 0.5) is 5.69 Å². The van der Waals surface area contributed by atoms with Crippen LogP contribution < -0.4 is 24.4 Å². The normalized spacial score (nSPS) is 15.5. The van der Waals surface area contributed by atoms with E-state index >= 15 is 0 Å². The summed E-state index contributed by atoms with van der Waals surface area (Å²) in [4.78, 5) is 31.0. The molecule has 1 aliphatic carbocycles. The van der Waals surface area contributed by atoms with Gasteiger partial charge in [-0.05, 0) is 65.4 Å². The molecule has 0 saturated heterocycles. The Balaban J connectivity index is 1.31. The van der Waals surface area contributed by atoms with E-state index in [1.54, 1.807) is 54.2 Å². The van der Waals surface area contributed by atoms with E-state index in [4.69, 9.17) is 37.7 Å². The molecule has 5 aromatic rings. The lowest BCUT2D eigenvalue weighted by molar-refractivity contribution is -0.384. The molecular weight excluding hydrogens is 645 g/mol. The van der Waals surface area contributed by atoms with Gasteiger partial charge in [-0.3, -0.25) is 19.5 Å². The molecule has 0 unspecified atom stereocenters. The van der Waals surface area contributed by atoms with E-state index in [0.29, 0.717) is 42.9 Å². The number of hydrogen-bond acceptors (Lipinski definition) is 7. The first-order chi connectivity index (χ1) is 22.3. The Morgan fingerprint density at radius 1 is 1.02 bits per heavy atom. The average Bonchev–Trinajstić information content (AvgIpc) is 3.37. The maximum atomic E-state index is 14.1. The number of non-ortho nitro benzene ring substituents is 1. The monoisotopic (exact) mass is 669 g/mol. The minimum atomic E-state index is -0.522. The number of hydrogen-bond donors (Lipinski definition) is 0. The number of nitro benzene ring substituents is 1. The Kier molecular flexibility index (Phi) is 7.98. The summed E-state index contributed by atoms with van der Waals surface area (Å²) < 4.78 is 13.8. The van der Waals surface area contributed by atoms with Gasteiger partial charge in [-0.1, -0.05) is 83.1 Å². The second-order valence-electron chi connectivity index (χ2n) is 10.9. The molecular formula is C35H25Cl2N3O5S. The number of thiazole rings is 1. The SMILES string of the molecule is COc1cc(/C=c2/sc3n(c2=O)[C@H](c2cccc([N+](=O)[O-])c2)C2=C(N=3)c3ccccc3CC2)ccc1OCc1ccc(Cl)cc1Cl. The predicted octanol–water partition coefficient (Wildman–Crippen LogP) is 7.12. The predicted molar refractivity (Wildman–Crippen MR) is 180 cm³/mol. The molecule has 46 heavy (non-hydrogen) atoms. The first-order valence-corrected chi connectivity index (χ1v) is 16.0. The Bertz CT molecular complexity index is 2260. The highest BCUT2D eigenvalue weighted by atomic mass is 35.5. The molecule has 1 aromatic heterocycles. The molecule has 1 aliphatic heterocycles. The van der Waals surface area contributed by atoms with Gasteiger partial charge < -0.3 is 9.47 Å². The molecule has 0 bridgehead atoms. The smallest absolute Gasteiger partial charge is 0.271 e. The molecule has 4 aromatic carbocycles. The Morgan fingerprint density at radius 2 is 1.87 bits per heavy atom. The van der Waals surface area contributed by atoms with Gasteiger partial charge in [0.1, 0.15) is 6.61 Å². The van der Waals surface area contributed by atoms with Crippen molar-refractivity contribution < 1.29 is 14.4 Å². The number of nitrogens with zero attached hydrogens (tertiary/aromatic N) is 3. The number of fused-ring (bicyclic) bond motifs is 3. The highest BCUT2D eigenvalue weighted by Crippen LogP contribution is 2.41. The van der Waals surface area contributed by atoms with Crippen LogP contribution in [-0.2, 0) is 13.0 Å². The van der Waals surface area contributed by atoms with Gasteiger partial charge in [0, 0.05) is 33.3 Å². The maximum absolute atomic E-state index is 14.1. The van der Waals surface area contributed by atoms with Crippen molar-refractivity contribution in [2.45, 2.75) is 25.5 Å². The first-order valence-electron chi connectivity index (χ1n) is 14.4. The van der Waals surface area contributed by atoms with Crippen molar-refractivity contribution in [3.63, 3.8) is 0 Å². The van der Waals surface area contributed by atoms with E-state index in [-0.39, 0.29) is 17.9 Å². The van der Waals surface area contributed by atoms with Crippen molar-refractivity contribution >= 4 is 52.0 Å². The van der Waals surface area contributed by atoms with Crippen LogP contribution in [0.1, 0.15) is 40.3 Å². The van der Waals surface area contributed by atoms with Crippen LogP contribution in [0, 0.1) is 10.1 Å². The highest BCUT2D eigenvalue weighted by molar-refractivity contribution is 7.07. The molecule has 230 valence electrons. The van der Waals surface area contributed by atoms with Gasteiger partial charge in [0.15, 0.2) is 16.3 Å². The summed E-state index contributed by atoms with van der Waals surface area (Å²) in [5.74, 6) is 1.01. The topological polar surface area (TPSA) is 96.0 Å². The van der Waals surface area contributed by atoms with Crippen LogP contribution in [0.15, 0.2) is 100 Å². The third-order valence-electron chi connectivity index (χ3n) is 8.15. The molecule has 0 fully saturated rings. The zero-order valence-electron chi connectivity index (χ0n) is 24.4. The largest absolute Gasteiger partial charge is 0.493 e. The standard InChI is InChI=1S/C35H25Cl2N3O5S/c1-44-30-15-20(9-14-29(30)45-19-23-10-12-24(36)18-28(23)37)16-31-34(41)39-33(22-6-4-7-25(17-22)40(42)43)27-13-11-21-5-2-3-8-26(21)32(27)38-35(39)46-31/h2-10,12,14-18,33H,11,13,19H2,1H3/b31-16+/t33-/m1/s1. The van der Waals surface area contributed by atoms with Gasteiger partial charge in [0.25, 0.3) is 11.2 Å². The van der Waals surface area contributed by atoms with E-state index in [1.165, 1.54) is 23.0 Å². The van der Waals surface area contributed by atoms with E-state index in [9.17, 15) is 14.9 Å². The van der Waals surface area contributed by atoms with E-state index in [1.807, 2.05) is 36.4 Å². The fourth-order valence-corrected chi connectivity index (χ4v) is 7.43. The summed E-state index contributed by atoms with van der Waals surface area (Å²) in [6, 6.07) is 24.8. The minimum absolute atomic E-state index is 0.0253. The molecule has 8 nitrogen and oxygen atoms in total. The van der Waals surface area contributed by atoms with Crippen LogP contribution in [0.25, 0.3) is 11.8 Å². The van der Waals surface area contributed by atoms with Crippen molar-refractivity contribution in [3.05, 3.63) is 158 Å². The third kappa shape index (κ3) is 5.51. The number of rotatable bonds is 7. The molecule has 1 atom stereocenters. The summed E-state index contributed by atoms with van der Waals surface area (Å²) >= 11 is 13.6. The van der Waals surface area contributed by atoms with Crippen LogP contribution in [0.3, 0.4) is 0 Å². The zero-order chi connectivity index (χ0) is 31.9. The molecule has 7 rings (SSSR count). The number of aryl methyl sites for hydroxylation is 1. The maximum Gasteiger partial charge on any atom is 0.271 e. The van der Waals surface area contributed by atoms with Crippen molar-refractivity contribution in [2.75, 3.05) is 7.11 Å². The molecule has 0 amide bonds. The molecule has 11 heteroatoms. The summed E-state index contributed by atoms with van der Waals surface area (Å²) in [6.45, 7) is 0.218. The summed E-state index contributed by atoms with van der Waals surface area (Å²) in [7, 11) is 1.55. The van der Waals surface area contributed by atoms with Gasteiger partial charge >= 0.3 is 0 Å². The lowest BCUT2D eigenvalue weighted by atomic mass is 9.83. The molecule has 0 N–H and O–H groups in total. The number of ether oxygens (including phenoxy) is 2. The summed E-state index contributed by atoms with van der Waals surface area (Å²) in [5, 5.41) is 12.7. The number of benzene rings is 4.